The molecule has 0 radical (unpaired) electrons. The Labute approximate surface area is 246 Å². The van der Waals surface area contributed by atoms with Crippen molar-refractivity contribution in [3.05, 3.63) is 99.6 Å². The molecule has 212 valence electrons. The lowest BCUT2D eigenvalue weighted by atomic mass is 9.96. The van der Waals surface area contributed by atoms with E-state index in [-0.39, 0.29) is 10.6 Å². The average molecular weight is 603 g/mol. The molecule has 0 spiro atoms. The molecular formula is C30H25FN5O4S2+. The minimum atomic E-state index is -2.31. The van der Waals surface area contributed by atoms with Gasteiger partial charge in [0.05, 0.1) is 17.6 Å². The van der Waals surface area contributed by atoms with Crippen LogP contribution in [0.5, 0.6) is 0 Å². The van der Waals surface area contributed by atoms with Crippen molar-refractivity contribution in [3.63, 3.8) is 0 Å². The highest BCUT2D eigenvalue weighted by Gasteiger charge is 2.29. The number of nitrogens with two attached hydrogens (primary N) is 1. The highest BCUT2D eigenvalue weighted by molar-refractivity contribution is 7.82. The lowest BCUT2D eigenvalue weighted by Gasteiger charge is -2.09. The Kier molecular flexibility index (Phi) is 7.55. The van der Waals surface area contributed by atoms with Gasteiger partial charge in [0.2, 0.25) is 10.0 Å². The number of oxazole rings is 1. The Morgan fingerprint density at radius 1 is 1.26 bits per heavy atom. The molecule has 9 nitrogen and oxygen atoms in total. The number of carboxylic acids is 1. The molecule has 6 rings (SSSR count). The number of aromatic nitrogens is 4. The second kappa shape index (κ2) is 11.4. The van der Waals surface area contributed by atoms with Crippen LogP contribution in [0.4, 0.5) is 4.39 Å². The number of carboxylic acid groups (broad SMARTS) is 1. The zero-order valence-corrected chi connectivity index (χ0v) is 24.1. The average Bonchev–Trinajstić information content (AvgIpc) is 3.31. The molecule has 42 heavy (non-hydrogen) atoms. The molecule has 1 aliphatic carbocycles. The molecule has 0 aliphatic heterocycles. The van der Waals surface area contributed by atoms with E-state index in [1.54, 1.807) is 23.9 Å². The molecule has 3 N–H and O–H groups in total. The molecule has 0 bridgehead atoms. The summed E-state index contributed by atoms with van der Waals surface area (Å²) < 4.78 is 33.7. The molecule has 1 saturated carbocycles. The van der Waals surface area contributed by atoms with Gasteiger partial charge in [0.15, 0.2) is 22.5 Å². The maximum Gasteiger partial charge on any atom is 0.355 e. The van der Waals surface area contributed by atoms with Gasteiger partial charge in [-0.1, -0.05) is 28.3 Å². The van der Waals surface area contributed by atoms with Crippen molar-refractivity contribution in [1.82, 2.24) is 19.7 Å². The van der Waals surface area contributed by atoms with Crippen molar-refractivity contribution in [3.8, 4) is 28.2 Å². The molecule has 3 aromatic heterocycles. The normalized spacial score (nSPS) is 13.5. The summed E-state index contributed by atoms with van der Waals surface area (Å²) in [6.45, 7) is 1.80. The maximum atomic E-state index is 14.8. The predicted molar refractivity (Wildman–Crippen MR) is 156 cm³/mol. The standard InChI is InChI=1S/C30H24FN5O4S2/c1-17-15-33-27(40-17)10-8-18-3-2-4-21(11-18)28-22(12-20-7-9-26(42(32)39)23(31)13-20)25(14-19-5-6-19)36(35-28)30-34-24(16-41-30)29(37)38/h2-4,7,9,11,13,15-16,19H,5-6,12,14H2,1H3,(H2,32,39)(H,37,38)/p+1. The maximum absolute atomic E-state index is 14.8. The van der Waals surface area contributed by atoms with Crippen LogP contribution in [0.15, 0.2) is 63.4 Å². The Morgan fingerprint density at radius 3 is 2.76 bits per heavy atom. The van der Waals surface area contributed by atoms with Crippen molar-refractivity contribution < 1.29 is 22.9 Å². The lowest BCUT2D eigenvalue weighted by Crippen LogP contribution is -2.07. The summed E-state index contributed by atoms with van der Waals surface area (Å²) >= 11 is 1.20. The number of carbonyl (C=O) groups is 1. The summed E-state index contributed by atoms with van der Waals surface area (Å²) in [5, 5.41) is 21.8. The zero-order valence-electron chi connectivity index (χ0n) is 22.4. The van der Waals surface area contributed by atoms with Gasteiger partial charge < -0.3 is 9.52 Å². The third-order valence-electron chi connectivity index (χ3n) is 6.86. The molecule has 1 unspecified atom stereocenters. The van der Waals surface area contributed by atoms with Crippen LogP contribution in [0.2, 0.25) is 0 Å². The molecule has 0 saturated heterocycles. The van der Waals surface area contributed by atoms with Gasteiger partial charge in [0.25, 0.3) is 5.89 Å². The number of thiol groups is 1. The van der Waals surface area contributed by atoms with Gasteiger partial charge in [0, 0.05) is 28.5 Å². The van der Waals surface area contributed by atoms with Crippen LogP contribution in [0.25, 0.3) is 16.4 Å². The molecule has 1 fully saturated rings. The second-order valence-corrected chi connectivity index (χ2v) is 12.0. The van der Waals surface area contributed by atoms with E-state index in [9.17, 15) is 18.5 Å². The highest BCUT2D eigenvalue weighted by atomic mass is 32.2. The van der Waals surface area contributed by atoms with Crippen molar-refractivity contribution in [2.24, 2.45) is 11.1 Å². The van der Waals surface area contributed by atoms with Crippen LogP contribution in [-0.4, -0.2) is 30.8 Å². The number of aromatic carboxylic acids is 1. The molecule has 1 aliphatic rings. The van der Waals surface area contributed by atoms with E-state index in [2.05, 4.69) is 21.8 Å². The Balaban J connectivity index is 1.48. The van der Waals surface area contributed by atoms with Gasteiger partial charge in [0.1, 0.15) is 5.76 Å². The number of halogens is 1. The molecule has 12 heteroatoms. The van der Waals surface area contributed by atoms with Crippen molar-refractivity contribution in [2.45, 2.75) is 37.5 Å². The molecular weight excluding hydrogens is 577 g/mol. The van der Waals surface area contributed by atoms with Gasteiger partial charge in [-0.15, -0.1) is 16.5 Å². The van der Waals surface area contributed by atoms with Gasteiger partial charge in [-0.05, 0) is 67.9 Å². The summed E-state index contributed by atoms with van der Waals surface area (Å²) in [5.41, 5.74) is 4.52. The number of nitrogens with zero attached hydrogens (tertiary/aromatic N) is 4. The van der Waals surface area contributed by atoms with Gasteiger partial charge >= 0.3 is 5.97 Å². The van der Waals surface area contributed by atoms with Gasteiger partial charge in [-0.3, -0.25) is 0 Å². The van der Waals surface area contributed by atoms with E-state index in [0.29, 0.717) is 46.8 Å². The minimum Gasteiger partial charge on any atom is -0.476 e. The monoisotopic (exact) mass is 602 g/mol. The number of thiazole rings is 1. The Morgan fingerprint density at radius 2 is 2.10 bits per heavy atom. The first-order valence-corrected chi connectivity index (χ1v) is 15.3. The Hall–Kier alpha value is -4.44. The number of rotatable bonds is 8. The van der Waals surface area contributed by atoms with E-state index in [1.165, 1.54) is 28.8 Å². The quantitative estimate of drug-likeness (QED) is 0.145. The number of aryl methyl sites for hydroxylation is 1. The zero-order chi connectivity index (χ0) is 29.4. The molecule has 1 atom stereocenters. The third-order valence-corrected chi connectivity index (χ3v) is 8.52. The fourth-order valence-corrected chi connectivity index (χ4v) is 5.92. The lowest BCUT2D eigenvalue weighted by molar-refractivity contribution is 0.0691. The summed E-state index contributed by atoms with van der Waals surface area (Å²) in [4.78, 5) is 20.0. The highest BCUT2D eigenvalue weighted by Crippen LogP contribution is 2.38. The van der Waals surface area contributed by atoms with E-state index in [4.69, 9.17) is 14.7 Å². The van der Waals surface area contributed by atoms with Crippen molar-refractivity contribution in [1.29, 1.82) is 0 Å². The fourth-order valence-electron chi connectivity index (χ4n) is 4.65. The van der Waals surface area contributed by atoms with Crippen molar-refractivity contribution in [2.75, 3.05) is 0 Å². The van der Waals surface area contributed by atoms with Crippen LogP contribution < -0.4 is 5.14 Å². The van der Waals surface area contributed by atoms with Crippen LogP contribution in [0.1, 0.15) is 57.4 Å². The first-order valence-electron chi connectivity index (χ1n) is 13.1. The van der Waals surface area contributed by atoms with Crippen molar-refractivity contribution >= 4 is 28.3 Å². The number of hydrogen-bond donors (Lipinski definition) is 2. The van der Waals surface area contributed by atoms with Gasteiger partial charge in [-0.25, -0.2) is 23.8 Å². The van der Waals surface area contributed by atoms with E-state index in [0.717, 1.165) is 35.2 Å². The van der Waals surface area contributed by atoms with Crippen LogP contribution in [0.3, 0.4) is 0 Å². The summed E-state index contributed by atoms with van der Waals surface area (Å²) in [6.07, 6.45) is 4.81. The minimum absolute atomic E-state index is 0.0284. The first kappa shape index (κ1) is 27.7. The second-order valence-electron chi connectivity index (χ2n) is 10.0. The molecule has 0 amide bonds. The van der Waals surface area contributed by atoms with Crippen LogP contribution in [-0.2, 0) is 28.0 Å². The molecule has 3 heterocycles. The fraction of sp³-hybridized carbons (Fsp3) is 0.200. The molecule has 5 aromatic rings. The summed E-state index contributed by atoms with van der Waals surface area (Å²) in [5.74, 6) is 5.73. The van der Waals surface area contributed by atoms with Crippen LogP contribution >= 0.6 is 11.3 Å². The van der Waals surface area contributed by atoms with E-state index < -0.39 is 22.8 Å². The largest absolute Gasteiger partial charge is 0.476 e. The van der Waals surface area contributed by atoms with Crippen LogP contribution in [0, 0.1) is 30.5 Å². The SMILES string of the molecule is Cc1cnc(C#Cc2cccc(-c3nn(-c4nc(C(=O)O)cs4)c(CC4CC4)c3Cc3ccc([SH+](N)=O)c(F)c3)c2)o1. The topological polar surface area (TPSA) is 137 Å². The Bertz CT molecular complexity index is 1910. The summed E-state index contributed by atoms with van der Waals surface area (Å²) in [7, 11) is -2.31. The number of hydrogen-bond acceptors (Lipinski definition) is 7. The van der Waals surface area contributed by atoms with E-state index in [1.807, 2.05) is 24.3 Å². The third kappa shape index (κ3) is 5.94. The van der Waals surface area contributed by atoms with E-state index >= 15 is 0 Å². The summed E-state index contributed by atoms with van der Waals surface area (Å²) in [6, 6.07) is 12.1. The molecule has 2 aromatic carbocycles. The predicted octanol–water partition coefficient (Wildman–Crippen LogP) is 5.00. The first-order chi connectivity index (χ1) is 20.2. The number of benzene rings is 2. The van der Waals surface area contributed by atoms with Gasteiger partial charge in [-0.2, -0.15) is 5.10 Å². The smallest absolute Gasteiger partial charge is 0.355 e.